The summed E-state index contributed by atoms with van der Waals surface area (Å²) in [4.78, 5) is 18.0. The number of amides is 1. The Bertz CT molecular complexity index is 377. The van der Waals surface area contributed by atoms with E-state index in [1.165, 1.54) is 0 Å². The molecule has 1 heterocycles. The van der Waals surface area contributed by atoms with Crippen molar-refractivity contribution in [1.82, 2.24) is 9.88 Å². The molecule has 0 saturated carbocycles. The Hall–Kier alpha value is -1.09. The number of pyridine rings is 1. The van der Waals surface area contributed by atoms with Gasteiger partial charge in [0, 0.05) is 18.8 Å². The molecule has 0 aliphatic rings. The molecule has 0 atom stereocenters. The summed E-state index contributed by atoms with van der Waals surface area (Å²) >= 11 is 6.03. The molecule has 0 aromatic carbocycles. The fraction of sp³-hybridized carbons (Fsp3) is 0.500. The van der Waals surface area contributed by atoms with Gasteiger partial charge in [-0.3, -0.25) is 4.79 Å². The Labute approximate surface area is 101 Å². The highest BCUT2D eigenvalue weighted by Crippen LogP contribution is 2.20. The first-order valence-electron chi connectivity index (χ1n) is 5.44. The first-order valence-corrected chi connectivity index (χ1v) is 5.82. The molecule has 0 aliphatic carbocycles. The van der Waals surface area contributed by atoms with Gasteiger partial charge in [0.1, 0.15) is 5.15 Å². The number of hydrogen-bond acceptors (Lipinski definition) is 2. The maximum Gasteiger partial charge on any atom is 0.257 e. The largest absolute Gasteiger partial charge is 0.339 e. The van der Waals surface area contributed by atoms with Crippen LogP contribution < -0.4 is 0 Å². The molecule has 0 radical (unpaired) electrons. The Morgan fingerprint density at radius 2 is 1.94 bits per heavy atom. The van der Waals surface area contributed by atoms with Crippen molar-refractivity contribution in [3.63, 3.8) is 0 Å². The van der Waals surface area contributed by atoms with Crippen molar-refractivity contribution in [3.8, 4) is 0 Å². The second-order valence-electron chi connectivity index (χ2n) is 3.72. The molecular weight excluding hydrogens is 224 g/mol. The second-order valence-corrected chi connectivity index (χ2v) is 4.08. The van der Waals surface area contributed by atoms with Crippen molar-refractivity contribution < 1.29 is 4.79 Å². The fourth-order valence-electron chi connectivity index (χ4n) is 1.72. The zero-order valence-corrected chi connectivity index (χ0v) is 10.9. The van der Waals surface area contributed by atoms with Crippen LogP contribution in [0.1, 0.15) is 35.5 Å². The molecule has 1 rings (SSSR count). The quantitative estimate of drug-likeness (QED) is 0.762. The molecule has 0 N–H and O–H groups in total. The third-order valence-corrected chi connectivity index (χ3v) is 2.84. The van der Waals surface area contributed by atoms with Gasteiger partial charge < -0.3 is 4.90 Å². The Balaban J connectivity index is 3.18. The molecule has 1 amide bonds. The number of carbonyl (C=O) groups is 1. The molecule has 3 nitrogen and oxygen atoms in total. The Morgan fingerprint density at radius 1 is 1.38 bits per heavy atom. The van der Waals surface area contributed by atoms with Gasteiger partial charge in [-0.25, -0.2) is 4.98 Å². The van der Waals surface area contributed by atoms with Crippen molar-refractivity contribution in [3.05, 3.63) is 28.0 Å². The van der Waals surface area contributed by atoms with E-state index in [1.54, 1.807) is 4.90 Å². The number of aromatic nitrogens is 1. The van der Waals surface area contributed by atoms with E-state index in [4.69, 9.17) is 11.6 Å². The summed E-state index contributed by atoms with van der Waals surface area (Å²) < 4.78 is 0. The number of rotatable bonds is 3. The van der Waals surface area contributed by atoms with E-state index in [0.29, 0.717) is 23.8 Å². The van der Waals surface area contributed by atoms with Gasteiger partial charge in [0.25, 0.3) is 5.91 Å². The lowest BCUT2D eigenvalue weighted by atomic mass is 10.1. The minimum absolute atomic E-state index is 0.0417. The zero-order valence-electron chi connectivity index (χ0n) is 10.2. The third-order valence-electron chi connectivity index (χ3n) is 2.57. The highest BCUT2D eigenvalue weighted by molar-refractivity contribution is 6.32. The Morgan fingerprint density at radius 3 is 2.38 bits per heavy atom. The van der Waals surface area contributed by atoms with Gasteiger partial charge in [0.05, 0.1) is 5.56 Å². The van der Waals surface area contributed by atoms with Crippen LogP contribution in [0.5, 0.6) is 0 Å². The van der Waals surface area contributed by atoms with Crippen LogP contribution in [-0.4, -0.2) is 28.9 Å². The minimum atomic E-state index is -0.0417. The lowest BCUT2D eigenvalue weighted by molar-refractivity contribution is 0.0772. The van der Waals surface area contributed by atoms with Crippen LogP contribution in [0.3, 0.4) is 0 Å². The van der Waals surface area contributed by atoms with Crippen molar-refractivity contribution in [2.75, 3.05) is 13.1 Å². The van der Waals surface area contributed by atoms with E-state index >= 15 is 0 Å². The van der Waals surface area contributed by atoms with Crippen molar-refractivity contribution in [2.45, 2.75) is 27.7 Å². The van der Waals surface area contributed by atoms with Crippen LogP contribution >= 0.6 is 11.6 Å². The molecule has 0 unspecified atom stereocenters. The molecule has 0 bridgehead atoms. The third kappa shape index (κ3) is 2.53. The Kier molecular flexibility index (Phi) is 4.30. The maximum atomic E-state index is 12.2. The van der Waals surface area contributed by atoms with Crippen molar-refractivity contribution in [2.24, 2.45) is 0 Å². The number of halogens is 1. The number of aryl methyl sites for hydroxylation is 2. The monoisotopic (exact) mass is 240 g/mol. The summed E-state index contributed by atoms with van der Waals surface area (Å²) in [5, 5.41) is 0.300. The predicted octanol–water partition coefficient (Wildman–Crippen LogP) is 2.83. The van der Waals surface area contributed by atoms with Gasteiger partial charge in [-0.1, -0.05) is 11.6 Å². The summed E-state index contributed by atoms with van der Waals surface area (Å²) in [6, 6.07) is 1.88. The molecule has 88 valence electrons. The molecular formula is C12H17ClN2O. The highest BCUT2D eigenvalue weighted by Gasteiger charge is 2.19. The molecule has 0 saturated heterocycles. The van der Waals surface area contributed by atoms with E-state index in [-0.39, 0.29) is 5.91 Å². The topological polar surface area (TPSA) is 33.2 Å². The van der Waals surface area contributed by atoms with Crippen molar-refractivity contribution in [1.29, 1.82) is 0 Å². The van der Waals surface area contributed by atoms with Crippen LogP contribution in [0, 0.1) is 13.8 Å². The molecule has 0 spiro atoms. The molecule has 4 heteroatoms. The smallest absolute Gasteiger partial charge is 0.257 e. The van der Waals surface area contributed by atoms with E-state index < -0.39 is 0 Å². The van der Waals surface area contributed by atoms with E-state index in [1.807, 2.05) is 33.8 Å². The van der Waals surface area contributed by atoms with Gasteiger partial charge in [-0.05, 0) is 39.3 Å². The SMILES string of the molecule is CCN(CC)C(=O)c1c(C)cc(C)nc1Cl. The maximum absolute atomic E-state index is 12.2. The summed E-state index contributed by atoms with van der Waals surface area (Å²) in [7, 11) is 0. The molecule has 0 aliphatic heterocycles. The zero-order chi connectivity index (χ0) is 12.3. The first-order chi connectivity index (χ1) is 7.51. The second kappa shape index (κ2) is 5.30. The molecule has 1 aromatic rings. The standard InChI is InChI=1S/C12H17ClN2O/c1-5-15(6-2)12(16)10-8(3)7-9(4)14-11(10)13/h7H,5-6H2,1-4H3. The van der Waals surface area contributed by atoms with Crippen LogP contribution in [0.2, 0.25) is 5.15 Å². The fourth-order valence-corrected chi connectivity index (χ4v) is 2.08. The average Bonchev–Trinajstić information content (AvgIpc) is 2.17. The molecule has 1 aromatic heterocycles. The van der Waals surface area contributed by atoms with Gasteiger partial charge in [-0.2, -0.15) is 0 Å². The number of nitrogens with zero attached hydrogens (tertiary/aromatic N) is 2. The summed E-state index contributed by atoms with van der Waals surface area (Å²) in [6.07, 6.45) is 0. The first kappa shape index (κ1) is 13.0. The molecule has 0 fully saturated rings. The van der Waals surface area contributed by atoms with Crippen LogP contribution in [0.4, 0.5) is 0 Å². The summed E-state index contributed by atoms with van der Waals surface area (Å²) in [5.74, 6) is -0.0417. The van der Waals surface area contributed by atoms with E-state index in [2.05, 4.69) is 4.98 Å². The van der Waals surface area contributed by atoms with Crippen LogP contribution in [-0.2, 0) is 0 Å². The van der Waals surface area contributed by atoms with Crippen molar-refractivity contribution >= 4 is 17.5 Å². The highest BCUT2D eigenvalue weighted by atomic mass is 35.5. The van der Waals surface area contributed by atoms with Gasteiger partial charge in [0.15, 0.2) is 0 Å². The van der Waals surface area contributed by atoms with Crippen LogP contribution in [0.15, 0.2) is 6.07 Å². The van der Waals surface area contributed by atoms with Gasteiger partial charge >= 0.3 is 0 Å². The average molecular weight is 241 g/mol. The van der Waals surface area contributed by atoms with E-state index in [9.17, 15) is 4.79 Å². The lowest BCUT2D eigenvalue weighted by Gasteiger charge is -2.20. The lowest BCUT2D eigenvalue weighted by Crippen LogP contribution is -2.31. The number of hydrogen-bond donors (Lipinski definition) is 0. The predicted molar refractivity (Wildman–Crippen MR) is 66.0 cm³/mol. The molecule has 16 heavy (non-hydrogen) atoms. The minimum Gasteiger partial charge on any atom is -0.339 e. The summed E-state index contributed by atoms with van der Waals surface area (Å²) in [6.45, 7) is 9.01. The normalized spacial score (nSPS) is 10.3. The number of carbonyl (C=O) groups excluding carboxylic acids is 1. The van der Waals surface area contributed by atoms with E-state index in [0.717, 1.165) is 11.3 Å². The van der Waals surface area contributed by atoms with Crippen LogP contribution in [0.25, 0.3) is 0 Å². The van der Waals surface area contributed by atoms with Gasteiger partial charge in [-0.15, -0.1) is 0 Å². The van der Waals surface area contributed by atoms with Gasteiger partial charge in [0.2, 0.25) is 0 Å². The summed E-state index contributed by atoms with van der Waals surface area (Å²) in [5.41, 5.74) is 2.24.